The van der Waals surface area contributed by atoms with Gasteiger partial charge in [0.25, 0.3) is 0 Å². The Morgan fingerprint density at radius 3 is 1.51 bits per heavy atom. The summed E-state index contributed by atoms with van der Waals surface area (Å²) in [6.07, 6.45) is 16.1. The molecule has 4 N–H and O–H groups in total. The van der Waals surface area contributed by atoms with Gasteiger partial charge in [-0.25, -0.2) is 0 Å². The highest BCUT2D eigenvalue weighted by Crippen LogP contribution is 2.42. The van der Waals surface area contributed by atoms with E-state index in [0.717, 1.165) is 46.0 Å². The van der Waals surface area contributed by atoms with Crippen LogP contribution in [-0.2, 0) is 12.8 Å². The van der Waals surface area contributed by atoms with Gasteiger partial charge in [-0.1, -0.05) is 68.5 Å². The molecule has 4 aromatic rings. The van der Waals surface area contributed by atoms with E-state index in [2.05, 4.69) is 48.5 Å². The van der Waals surface area contributed by atoms with Crippen molar-refractivity contribution in [3.05, 3.63) is 71.0 Å². The van der Waals surface area contributed by atoms with Crippen LogP contribution in [0.3, 0.4) is 0 Å². The van der Waals surface area contributed by atoms with E-state index in [1.54, 1.807) is 0 Å². The molecule has 6 rings (SSSR count). The molecule has 4 heteroatoms. The molecule has 2 unspecified atom stereocenters. The van der Waals surface area contributed by atoms with Crippen LogP contribution in [0.5, 0.6) is 0 Å². The van der Waals surface area contributed by atoms with Crippen LogP contribution in [0.2, 0.25) is 0 Å². The van der Waals surface area contributed by atoms with Crippen molar-refractivity contribution in [2.24, 2.45) is 0 Å². The second-order valence-corrected chi connectivity index (χ2v) is 11.3. The second-order valence-electron chi connectivity index (χ2n) is 11.3. The molecule has 2 atom stereocenters. The van der Waals surface area contributed by atoms with Crippen LogP contribution >= 0.6 is 0 Å². The predicted octanol–water partition coefficient (Wildman–Crippen LogP) is 8.22. The lowest BCUT2D eigenvalue weighted by Gasteiger charge is -2.27. The van der Waals surface area contributed by atoms with E-state index in [-0.39, 0.29) is 0 Å². The zero-order valence-electron chi connectivity index (χ0n) is 22.0. The Morgan fingerprint density at radius 1 is 0.595 bits per heavy atom. The van der Waals surface area contributed by atoms with E-state index in [9.17, 15) is 0 Å². The highest BCUT2D eigenvalue weighted by atomic mass is 14.8. The number of aryl methyl sites for hydroxylation is 2. The Balaban J connectivity index is 1.01. The van der Waals surface area contributed by atoms with Gasteiger partial charge in [0.15, 0.2) is 0 Å². The Bertz CT molecular complexity index is 1300. The number of anilines is 2. The zero-order chi connectivity index (χ0) is 25.2. The van der Waals surface area contributed by atoms with Crippen LogP contribution in [0.4, 0.5) is 11.4 Å². The summed E-state index contributed by atoms with van der Waals surface area (Å²) < 4.78 is 0. The van der Waals surface area contributed by atoms with Crippen molar-refractivity contribution in [1.82, 2.24) is 9.97 Å². The van der Waals surface area contributed by atoms with Crippen molar-refractivity contribution in [2.75, 3.05) is 11.5 Å². The third kappa shape index (κ3) is 4.79. The Hall–Kier alpha value is -3.14. The highest BCUT2D eigenvalue weighted by Gasteiger charge is 2.26. The molecular weight excluding hydrogens is 452 g/mol. The number of nitrogens with zero attached hydrogens (tertiary/aromatic N) is 2. The third-order valence-corrected chi connectivity index (χ3v) is 8.96. The first-order chi connectivity index (χ1) is 18.2. The SMILES string of the molecule is Nc1c2c(nc3ccccc13)CCCC2CCCCCCCC1CCCc2nc3ccccc3c(N)c21. The number of benzene rings is 2. The van der Waals surface area contributed by atoms with Gasteiger partial charge in [0, 0.05) is 44.7 Å². The molecule has 0 spiro atoms. The monoisotopic (exact) mass is 492 g/mol. The van der Waals surface area contributed by atoms with E-state index in [0.29, 0.717) is 11.8 Å². The van der Waals surface area contributed by atoms with Crippen LogP contribution < -0.4 is 11.5 Å². The first-order valence-electron chi connectivity index (χ1n) is 14.5. The van der Waals surface area contributed by atoms with Crippen LogP contribution in [0.1, 0.15) is 105 Å². The lowest BCUT2D eigenvalue weighted by Crippen LogP contribution is -2.15. The number of para-hydroxylation sites is 2. The van der Waals surface area contributed by atoms with Crippen LogP contribution in [0.15, 0.2) is 48.5 Å². The summed E-state index contributed by atoms with van der Waals surface area (Å²) in [5, 5.41) is 2.25. The fraction of sp³-hybridized carbons (Fsp3) is 0.455. The summed E-state index contributed by atoms with van der Waals surface area (Å²) in [4.78, 5) is 9.97. The molecule has 0 radical (unpaired) electrons. The predicted molar refractivity (Wildman–Crippen MR) is 156 cm³/mol. The van der Waals surface area contributed by atoms with E-state index < -0.39 is 0 Å². The quantitative estimate of drug-likeness (QED) is 0.243. The van der Waals surface area contributed by atoms with Gasteiger partial charge in [0.2, 0.25) is 0 Å². The Labute approximate surface area is 220 Å². The molecule has 4 nitrogen and oxygen atoms in total. The van der Waals surface area contributed by atoms with Crippen molar-refractivity contribution in [2.45, 2.75) is 95.3 Å². The Morgan fingerprint density at radius 2 is 1.03 bits per heavy atom. The number of hydrogen-bond acceptors (Lipinski definition) is 4. The van der Waals surface area contributed by atoms with Gasteiger partial charge in [-0.3, -0.25) is 9.97 Å². The zero-order valence-corrected chi connectivity index (χ0v) is 22.0. The summed E-state index contributed by atoms with van der Waals surface area (Å²) >= 11 is 0. The molecule has 2 aromatic heterocycles. The lowest BCUT2D eigenvalue weighted by atomic mass is 9.80. The first kappa shape index (κ1) is 24.2. The summed E-state index contributed by atoms with van der Waals surface area (Å²) in [5.74, 6) is 1.15. The average Bonchev–Trinajstić information content (AvgIpc) is 2.92. The fourth-order valence-corrected chi connectivity index (χ4v) is 7.11. The number of pyridine rings is 2. The molecule has 0 aliphatic heterocycles. The maximum atomic E-state index is 6.69. The molecular formula is C33H40N4. The highest BCUT2D eigenvalue weighted by molar-refractivity contribution is 5.93. The van der Waals surface area contributed by atoms with Gasteiger partial charge < -0.3 is 11.5 Å². The molecule has 2 heterocycles. The molecule has 0 bridgehead atoms. The molecule has 2 aliphatic carbocycles. The molecule has 0 saturated carbocycles. The normalized spacial score (nSPS) is 19.1. The van der Waals surface area contributed by atoms with Crippen molar-refractivity contribution in [3.8, 4) is 0 Å². The number of aromatic nitrogens is 2. The molecule has 2 aliphatic rings. The maximum Gasteiger partial charge on any atom is 0.0726 e. The average molecular weight is 493 g/mol. The van der Waals surface area contributed by atoms with Crippen molar-refractivity contribution >= 4 is 33.2 Å². The lowest BCUT2D eigenvalue weighted by molar-refractivity contribution is 0.463. The van der Waals surface area contributed by atoms with E-state index in [4.69, 9.17) is 21.4 Å². The second kappa shape index (κ2) is 10.7. The summed E-state index contributed by atoms with van der Waals surface area (Å²) in [5.41, 5.74) is 22.7. The van der Waals surface area contributed by atoms with Crippen LogP contribution in [0.25, 0.3) is 21.8 Å². The minimum atomic E-state index is 0.574. The van der Waals surface area contributed by atoms with Crippen molar-refractivity contribution < 1.29 is 0 Å². The van der Waals surface area contributed by atoms with Crippen LogP contribution in [0, 0.1) is 0 Å². The number of hydrogen-bond donors (Lipinski definition) is 2. The van der Waals surface area contributed by atoms with Gasteiger partial charge in [-0.05, 0) is 75.3 Å². The van der Waals surface area contributed by atoms with E-state index in [1.807, 2.05) is 0 Å². The van der Waals surface area contributed by atoms with Crippen molar-refractivity contribution in [3.63, 3.8) is 0 Å². The topological polar surface area (TPSA) is 77.8 Å². The summed E-state index contributed by atoms with van der Waals surface area (Å²) in [6.45, 7) is 0. The molecule has 0 fully saturated rings. The van der Waals surface area contributed by atoms with Gasteiger partial charge in [-0.2, -0.15) is 0 Å². The first-order valence-corrected chi connectivity index (χ1v) is 14.5. The van der Waals surface area contributed by atoms with Crippen molar-refractivity contribution in [1.29, 1.82) is 0 Å². The fourth-order valence-electron chi connectivity index (χ4n) is 7.11. The number of nitrogen functional groups attached to an aromatic ring is 2. The summed E-state index contributed by atoms with van der Waals surface area (Å²) in [6, 6.07) is 16.7. The Kier molecular flexibility index (Phi) is 6.99. The molecule has 2 aromatic carbocycles. The van der Waals surface area contributed by atoms with Gasteiger partial charge >= 0.3 is 0 Å². The smallest absolute Gasteiger partial charge is 0.0726 e. The number of fused-ring (bicyclic) bond motifs is 4. The van der Waals surface area contributed by atoms with Gasteiger partial charge in [-0.15, -0.1) is 0 Å². The number of rotatable bonds is 8. The number of unbranched alkanes of at least 4 members (excludes halogenated alkanes) is 4. The molecule has 37 heavy (non-hydrogen) atoms. The standard InChI is InChI=1S/C33H40N4/c34-32-24-16-6-8-18-26(24)36-28-20-10-14-22(30(28)32)12-4-2-1-3-5-13-23-15-11-21-29-31(23)33(35)25-17-7-9-19-27(25)37-29/h6-9,16-19,22-23H,1-5,10-15,20-21H2,(H2,34,36)(H2,35,37). The van der Waals surface area contributed by atoms with Crippen LogP contribution in [-0.4, -0.2) is 9.97 Å². The summed E-state index contributed by atoms with van der Waals surface area (Å²) in [7, 11) is 0. The van der Waals surface area contributed by atoms with E-state index >= 15 is 0 Å². The minimum absolute atomic E-state index is 0.574. The van der Waals surface area contributed by atoms with E-state index in [1.165, 1.54) is 93.1 Å². The molecule has 192 valence electrons. The third-order valence-electron chi connectivity index (χ3n) is 8.96. The van der Waals surface area contributed by atoms with Gasteiger partial charge in [0.1, 0.15) is 0 Å². The van der Waals surface area contributed by atoms with Gasteiger partial charge in [0.05, 0.1) is 11.0 Å². The largest absolute Gasteiger partial charge is 0.398 e. The number of nitrogens with two attached hydrogens (primary N) is 2. The maximum absolute atomic E-state index is 6.69. The minimum Gasteiger partial charge on any atom is -0.398 e. The molecule has 0 saturated heterocycles. The molecule has 0 amide bonds.